The van der Waals surface area contributed by atoms with Crippen LogP contribution in [0.4, 0.5) is 0 Å². The van der Waals surface area contributed by atoms with Gasteiger partial charge < -0.3 is 9.84 Å². The SMILES string of the molecule is CC(CS(=O)(=O)C1CCOC2(CCCCC2)C1)C(=O)O. The lowest BCUT2D eigenvalue weighted by molar-refractivity contribution is -0.140. The fourth-order valence-electron chi connectivity index (χ4n) is 3.39. The van der Waals surface area contributed by atoms with Crippen molar-refractivity contribution < 1.29 is 23.1 Å². The van der Waals surface area contributed by atoms with Crippen molar-refractivity contribution in [3.63, 3.8) is 0 Å². The zero-order chi connectivity index (χ0) is 14.8. The summed E-state index contributed by atoms with van der Waals surface area (Å²) in [5, 5.41) is 8.46. The van der Waals surface area contributed by atoms with E-state index in [9.17, 15) is 13.2 Å². The fourth-order valence-corrected chi connectivity index (χ4v) is 5.51. The van der Waals surface area contributed by atoms with E-state index in [0.717, 1.165) is 25.7 Å². The second kappa shape index (κ2) is 6.02. The van der Waals surface area contributed by atoms with Crippen molar-refractivity contribution in [2.24, 2.45) is 5.92 Å². The van der Waals surface area contributed by atoms with Crippen LogP contribution in [0.25, 0.3) is 0 Å². The second-order valence-corrected chi connectivity index (χ2v) is 8.60. The molecule has 0 aromatic rings. The van der Waals surface area contributed by atoms with Crippen LogP contribution in [0.15, 0.2) is 0 Å². The van der Waals surface area contributed by atoms with Gasteiger partial charge in [0.05, 0.1) is 22.5 Å². The van der Waals surface area contributed by atoms with Crippen LogP contribution in [0.3, 0.4) is 0 Å². The van der Waals surface area contributed by atoms with Gasteiger partial charge in [-0.2, -0.15) is 0 Å². The van der Waals surface area contributed by atoms with E-state index in [0.29, 0.717) is 19.4 Å². The highest BCUT2D eigenvalue weighted by molar-refractivity contribution is 7.92. The van der Waals surface area contributed by atoms with E-state index in [2.05, 4.69) is 0 Å². The molecule has 1 aliphatic carbocycles. The zero-order valence-electron chi connectivity index (χ0n) is 12.0. The number of hydrogen-bond acceptors (Lipinski definition) is 4. The van der Waals surface area contributed by atoms with Crippen LogP contribution >= 0.6 is 0 Å². The van der Waals surface area contributed by atoms with Gasteiger partial charge in [-0.15, -0.1) is 0 Å². The van der Waals surface area contributed by atoms with Gasteiger partial charge in [0.2, 0.25) is 0 Å². The van der Waals surface area contributed by atoms with Crippen LogP contribution < -0.4 is 0 Å². The van der Waals surface area contributed by atoms with Crippen LogP contribution in [-0.2, 0) is 19.4 Å². The van der Waals surface area contributed by atoms with E-state index in [4.69, 9.17) is 9.84 Å². The number of rotatable bonds is 4. The maximum Gasteiger partial charge on any atom is 0.307 e. The minimum absolute atomic E-state index is 0.261. The summed E-state index contributed by atoms with van der Waals surface area (Å²) in [6.45, 7) is 1.93. The van der Waals surface area contributed by atoms with Gasteiger partial charge in [-0.25, -0.2) is 8.42 Å². The first-order chi connectivity index (χ1) is 9.35. The average molecular weight is 304 g/mol. The van der Waals surface area contributed by atoms with Crippen molar-refractivity contribution in [1.29, 1.82) is 0 Å². The molecule has 1 saturated heterocycles. The molecule has 0 aromatic carbocycles. The Morgan fingerprint density at radius 1 is 1.35 bits per heavy atom. The molecule has 1 heterocycles. The molecular formula is C14H24O5S. The van der Waals surface area contributed by atoms with Gasteiger partial charge in [0, 0.05) is 6.61 Å². The largest absolute Gasteiger partial charge is 0.481 e. The Hall–Kier alpha value is -0.620. The minimum atomic E-state index is -3.36. The van der Waals surface area contributed by atoms with E-state index in [1.807, 2.05) is 0 Å². The van der Waals surface area contributed by atoms with E-state index in [-0.39, 0.29) is 11.4 Å². The molecule has 0 bridgehead atoms. The van der Waals surface area contributed by atoms with Crippen molar-refractivity contribution in [1.82, 2.24) is 0 Å². The fraction of sp³-hybridized carbons (Fsp3) is 0.929. The number of sulfone groups is 1. The Labute approximate surface area is 120 Å². The molecule has 20 heavy (non-hydrogen) atoms. The van der Waals surface area contributed by atoms with Gasteiger partial charge in [0.25, 0.3) is 0 Å². The van der Waals surface area contributed by atoms with Crippen LogP contribution in [0.2, 0.25) is 0 Å². The normalized spacial score (nSPS) is 28.1. The Kier molecular flexibility index (Phi) is 4.74. The summed E-state index contributed by atoms with van der Waals surface area (Å²) in [6.07, 6.45) is 6.30. The summed E-state index contributed by atoms with van der Waals surface area (Å²) in [6, 6.07) is 0. The Morgan fingerprint density at radius 3 is 2.60 bits per heavy atom. The molecule has 116 valence electrons. The number of carbonyl (C=O) groups is 1. The summed E-state index contributed by atoms with van der Waals surface area (Å²) in [4.78, 5) is 10.9. The third-order valence-corrected chi connectivity index (χ3v) is 7.01. The third-order valence-electron chi connectivity index (χ3n) is 4.62. The van der Waals surface area contributed by atoms with Crippen molar-refractivity contribution >= 4 is 15.8 Å². The predicted molar refractivity (Wildman–Crippen MR) is 75.4 cm³/mol. The highest BCUT2D eigenvalue weighted by Gasteiger charge is 2.43. The molecule has 1 aliphatic heterocycles. The van der Waals surface area contributed by atoms with Crippen molar-refractivity contribution in [3.05, 3.63) is 0 Å². The van der Waals surface area contributed by atoms with Gasteiger partial charge in [0.15, 0.2) is 9.84 Å². The van der Waals surface area contributed by atoms with Crippen molar-refractivity contribution in [3.8, 4) is 0 Å². The van der Waals surface area contributed by atoms with Gasteiger partial charge in [-0.05, 0) is 25.7 Å². The molecule has 0 radical (unpaired) electrons. The predicted octanol–water partition coefficient (Wildman–Crippen LogP) is 2.00. The summed E-state index contributed by atoms with van der Waals surface area (Å²) < 4.78 is 30.7. The Balaban J connectivity index is 2.05. The third kappa shape index (κ3) is 3.52. The molecule has 0 aromatic heterocycles. The molecule has 1 spiro atoms. The lowest BCUT2D eigenvalue weighted by atomic mass is 9.80. The minimum Gasteiger partial charge on any atom is -0.481 e. The van der Waals surface area contributed by atoms with Gasteiger partial charge >= 0.3 is 5.97 Å². The molecule has 2 fully saturated rings. The first-order valence-corrected chi connectivity index (χ1v) is 9.15. The number of carboxylic acid groups (broad SMARTS) is 1. The van der Waals surface area contributed by atoms with E-state index in [1.165, 1.54) is 13.3 Å². The number of carboxylic acids is 1. The van der Waals surface area contributed by atoms with Crippen LogP contribution in [0.5, 0.6) is 0 Å². The zero-order valence-corrected chi connectivity index (χ0v) is 12.8. The summed E-state index contributed by atoms with van der Waals surface area (Å²) in [5.41, 5.74) is -0.263. The lowest BCUT2D eigenvalue weighted by Crippen LogP contribution is -2.46. The van der Waals surface area contributed by atoms with Crippen LogP contribution in [0.1, 0.15) is 51.9 Å². The van der Waals surface area contributed by atoms with Crippen LogP contribution in [0, 0.1) is 5.92 Å². The summed E-state index contributed by atoms with van der Waals surface area (Å²) in [7, 11) is -3.36. The van der Waals surface area contributed by atoms with E-state index < -0.39 is 27.0 Å². The molecule has 6 heteroatoms. The summed E-state index contributed by atoms with van der Waals surface area (Å²) >= 11 is 0. The smallest absolute Gasteiger partial charge is 0.307 e. The Bertz CT molecular complexity index is 445. The molecule has 1 N–H and O–H groups in total. The maximum absolute atomic E-state index is 12.4. The lowest BCUT2D eigenvalue weighted by Gasteiger charge is -2.43. The second-order valence-electron chi connectivity index (χ2n) is 6.28. The molecule has 2 aliphatic rings. The van der Waals surface area contributed by atoms with E-state index >= 15 is 0 Å². The van der Waals surface area contributed by atoms with Gasteiger partial charge in [-0.1, -0.05) is 26.2 Å². The van der Waals surface area contributed by atoms with Crippen molar-refractivity contribution in [2.45, 2.75) is 62.7 Å². The molecule has 0 amide bonds. The number of ether oxygens (including phenoxy) is 1. The van der Waals surface area contributed by atoms with Crippen molar-refractivity contribution in [2.75, 3.05) is 12.4 Å². The van der Waals surface area contributed by atoms with Crippen LogP contribution in [-0.4, -0.2) is 42.7 Å². The molecule has 2 unspecified atom stereocenters. The standard InChI is InChI=1S/C14H24O5S/c1-11(13(15)16)10-20(17,18)12-5-8-19-14(9-12)6-3-2-4-7-14/h11-12H,2-10H2,1H3,(H,15,16). The summed E-state index contributed by atoms with van der Waals surface area (Å²) in [5.74, 6) is -2.15. The average Bonchev–Trinajstić information content (AvgIpc) is 2.39. The van der Waals surface area contributed by atoms with Gasteiger partial charge in [-0.3, -0.25) is 4.79 Å². The monoisotopic (exact) mass is 304 g/mol. The molecular weight excluding hydrogens is 280 g/mol. The number of hydrogen-bond donors (Lipinski definition) is 1. The Morgan fingerprint density at radius 2 is 2.00 bits per heavy atom. The van der Waals surface area contributed by atoms with Gasteiger partial charge in [0.1, 0.15) is 0 Å². The topological polar surface area (TPSA) is 80.7 Å². The molecule has 5 nitrogen and oxygen atoms in total. The molecule has 1 saturated carbocycles. The highest BCUT2D eigenvalue weighted by Crippen LogP contribution is 2.40. The maximum atomic E-state index is 12.4. The molecule has 2 atom stereocenters. The molecule has 2 rings (SSSR count). The highest BCUT2D eigenvalue weighted by atomic mass is 32.2. The first-order valence-electron chi connectivity index (χ1n) is 7.43. The van der Waals surface area contributed by atoms with E-state index in [1.54, 1.807) is 0 Å². The number of aliphatic carboxylic acids is 1. The first kappa shape index (κ1) is 15.8. The quantitative estimate of drug-likeness (QED) is 0.859.